The highest BCUT2D eigenvalue weighted by Gasteiger charge is 2.18. The molecule has 1 saturated heterocycles. The molecule has 0 aromatic heterocycles. The quantitative estimate of drug-likeness (QED) is 0.506. The van der Waals surface area contributed by atoms with Crippen molar-refractivity contribution in [3.8, 4) is 11.8 Å². The van der Waals surface area contributed by atoms with E-state index in [0.717, 1.165) is 50.7 Å². The molecule has 0 spiro atoms. The van der Waals surface area contributed by atoms with E-state index in [1.807, 2.05) is 6.07 Å². The van der Waals surface area contributed by atoms with Gasteiger partial charge in [0.15, 0.2) is 6.61 Å². The number of hydrogen-bond donors (Lipinski definition) is 2. The number of nitriles is 1. The molecule has 3 rings (SSSR count). The first-order valence-corrected chi connectivity index (χ1v) is 10.7. The van der Waals surface area contributed by atoms with Crippen LogP contribution in [0.4, 0.5) is 0 Å². The third kappa shape index (κ3) is 6.89. The average Bonchev–Trinajstić information content (AvgIpc) is 3.30. The molecule has 2 aliphatic rings. The highest BCUT2D eigenvalue weighted by Crippen LogP contribution is 2.19. The molecule has 1 aromatic carbocycles. The Balaban J connectivity index is 1.46. The van der Waals surface area contributed by atoms with Crippen molar-refractivity contribution in [2.45, 2.75) is 57.1 Å². The minimum Gasteiger partial charge on any atom is -0.484 e. The average molecular weight is 412 g/mol. The van der Waals surface area contributed by atoms with Gasteiger partial charge in [-0.25, -0.2) is 0 Å². The molecule has 2 fully saturated rings. The summed E-state index contributed by atoms with van der Waals surface area (Å²) in [6, 6.07) is 9.08. The lowest BCUT2D eigenvalue weighted by atomic mass is 9.95. The van der Waals surface area contributed by atoms with Crippen molar-refractivity contribution in [2.24, 2.45) is 0 Å². The first kappa shape index (κ1) is 21.8. The zero-order valence-corrected chi connectivity index (χ0v) is 17.2. The lowest BCUT2D eigenvalue weighted by Crippen LogP contribution is -2.36. The lowest BCUT2D eigenvalue weighted by Gasteiger charge is -2.22. The summed E-state index contributed by atoms with van der Waals surface area (Å²) in [5, 5.41) is 15.1. The van der Waals surface area contributed by atoms with Crippen LogP contribution >= 0.6 is 0 Å². The van der Waals surface area contributed by atoms with Crippen molar-refractivity contribution in [2.75, 3.05) is 19.8 Å². The first-order valence-electron chi connectivity index (χ1n) is 10.7. The fourth-order valence-electron chi connectivity index (χ4n) is 3.72. The molecule has 1 atom stereocenters. The fourth-order valence-corrected chi connectivity index (χ4v) is 3.72. The van der Waals surface area contributed by atoms with Gasteiger partial charge in [-0.3, -0.25) is 9.59 Å². The van der Waals surface area contributed by atoms with Gasteiger partial charge in [-0.2, -0.15) is 5.26 Å². The van der Waals surface area contributed by atoms with Crippen LogP contribution in [0.2, 0.25) is 0 Å². The maximum Gasteiger partial charge on any atom is 0.262 e. The summed E-state index contributed by atoms with van der Waals surface area (Å²) in [6.45, 7) is 1.19. The molecule has 1 unspecified atom stereocenters. The van der Waals surface area contributed by atoms with Crippen molar-refractivity contribution >= 4 is 17.9 Å². The van der Waals surface area contributed by atoms with E-state index in [0.29, 0.717) is 12.3 Å². The second-order valence-electron chi connectivity index (χ2n) is 7.78. The van der Waals surface area contributed by atoms with Gasteiger partial charge in [0.25, 0.3) is 11.8 Å². The molecule has 2 amide bonds. The van der Waals surface area contributed by atoms with Gasteiger partial charge in [0.05, 0.1) is 6.10 Å². The number of nitrogens with one attached hydrogen (secondary N) is 2. The minimum atomic E-state index is -0.326. The van der Waals surface area contributed by atoms with Gasteiger partial charge < -0.3 is 20.1 Å². The normalized spacial score (nSPS) is 19.7. The number of benzene rings is 1. The Morgan fingerprint density at radius 1 is 1.13 bits per heavy atom. The summed E-state index contributed by atoms with van der Waals surface area (Å²) >= 11 is 0. The zero-order valence-electron chi connectivity index (χ0n) is 17.2. The van der Waals surface area contributed by atoms with Crippen LogP contribution in [0.25, 0.3) is 6.08 Å². The molecule has 1 aliphatic carbocycles. The smallest absolute Gasteiger partial charge is 0.262 e. The summed E-state index contributed by atoms with van der Waals surface area (Å²) < 4.78 is 11.0. The second kappa shape index (κ2) is 11.4. The summed E-state index contributed by atoms with van der Waals surface area (Å²) in [7, 11) is 0. The van der Waals surface area contributed by atoms with Crippen molar-refractivity contribution < 1.29 is 19.1 Å². The number of amides is 2. The molecule has 30 heavy (non-hydrogen) atoms. The Bertz CT molecular complexity index is 786. The number of carbonyl (C=O) groups excluding carboxylic acids is 2. The van der Waals surface area contributed by atoms with Crippen LogP contribution in [0.1, 0.15) is 50.5 Å². The molecule has 1 heterocycles. The molecule has 7 heteroatoms. The molecule has 0 radical (unpaired) electrons. The van der Waals surface area contributed by atoms with E-state index in [1.165, 1.54) is 6.42 Å². The Labute approximate surface area is 177 Å². The highest BCUT2D eigenvalue weighted by atomic mass is 16.5. The number of hydrogen-bond acceptors (Lipinski definition) is 5. The Hall–Kier alpha value is -2.85. The van der Waals surface area contributed by atoms with E-state index in [9.17, 15) is 14.9 Å². The van der Waals surface area contributed by atoms with E-state index in [2.05, 4.69) is 10.6 Å². The van der Waals surface area contributed by atoms with Gasteiger partial charge in [-0.05, 0) is 49.5 Å². The summed E-state index contributed by atoms with van der Waals surface area (Å²) in [6.07, 6.45) is 9.05. The molecule has 1 aromatic rings. The summed E-state index contributed by atoms with van der Waals surface area (Å²) in [4.78, 5) is 24.2. The van der Waals surface area contributed by atoms with Gasteiger partial charge in [0, 0.05) is 19.2 Å². The van der Waals surface area contributed by atoms with Crippen molar-refractivity contribution in [1.29, 1.82) is 5.26 Å². The van der Waals surface area contributed by atoms with Gasteiger partial charge in [0.1, 0.15) is 17.4 Å². The van der Waals surface area contributed by atoms with Gasteiger partial charge in [-0.15, -0.1) is 0 Å². The molecular formula is C23H29N3O4. The van der Waals surface area contributed by atoms with E-state index >= 15 is 0 Å². The van der Waals surface area contributed by atoms with Crippen molar-refractivity contribution in [3.05, 3.63) is 35.4 Å². The minimum absolute atomic E-state index is 0.0743. The van der Waals surface area contributed by atoms with Crippen LogP contribution < -0.4 is 15.4 Å². The zero-order chi connectivity index (χ0) is 21.2. The SMILES string of the molecule is N#C/C(=C\c1ccc(OCC(=O)NCC2CCCO2)cc1)C(=O)NC1CCCCC1. The van der Waals surface area contributed by atoms with Crippen molar-refractivity contribution in [1.82, 2.24) is 10.6 Å². The van der Waals surface area contributed by atoms with Crippen LogP contribution in [0.5, 0.6) is 5.75 Å². The third-order valence-corrected chi connectivity index (χ3v) is 5.42. The predicted octanol–water partition coefficient (Wildman–Crippen LogP) is 2.72. The first-order chi connectivity index (χ1) is 14.6. The van der Waals surface area contributed by atoms with E-state index in [1.54, 1.807) is 30.3 Å². The molecular weight excluding hydrogens is 382 g/mol. The van der Waals surface area contributed by atoms with Crippen LogP contribution in [-0.2, 0) is 14.3 Å². The standard InChI is InChI=1S/C23H29N3O4/c24-14-18(23(28)26-19-5-2-1-3-6-19)13-17-8-10-20(11-9-17)30-16-22(27)25-15-21-7-4-12-29-21/h8-11,13,19,21H,1-7,12,15-16H2,(H,25,27)(H,26,28)/b18-13+. The topological polar surface area (TPSA) is 100 Å². The Morgan fingerprint density at radius 2 is 1.90 bits per heavy atom. The predicted molar refractivity (Wildman–Crippen MR) is 113 cm³/mol. The van der Waals surface area contributed by atoms with E-state index < -0.39 is 0 Å². The highest BCUT2D eigenvalue weighted by molar-refractivity contribution is 6.01. The van der Waals surface area contributed by atoms with E-state index in [4.69, 9.17) is 9.47 Å². The molecule has 0 bridgehead atoms. The summed E-state index contributed by atoms with van der Waals surface area (Å²) in [5.74, 6) is 0.0258. The maximum atomic E-state index is 12.4. The number of ether oxygens (including phenoxy) is 2. The van der Waals surface area contributed by atoms with Crippen molar-refractivity contribution in [3.63, 3.8) is 0 Å². The number of rotatable bonds is 8. The number of carbonyl (C=O) groups is 2. The lowest BCUT2D eigenvalue weighted by molar-refractivity contribution is -0.123. The maximum absolute atomic E-state index is 12.4. The molecule has 1 aliphatic heterocycles. The summed E-state index contributed by atoms with van der Waals surface area (Å²) in [5.41, 5.74) is 0.809. The monoisotopic (exact) mass is 411 g/mol. The molecule has 7 nitrogen and oxygen atoms in total. The fraction of sp³-hybridized carbons (Fsp3) is 0.522. The molecule has 2 N–H and O–H groups in total. The number of nitrogens with zero attached hydrogens (tertiary/aromatic N) is 1. The molecule has 160 valence electrons. The van der Waals surface area contributed by atoms with Crippen LogP contribution in [0, 0.1) is 11.3 Å². The van der Waals surface area contributed by atoms with Gasteiger partial charge >= 0.3 is 0 Å². The van der Waals surface area contributed by atoms with Crippen LogP contribution in [0.15, 0.2) is 29.8 Å². The second-order valence-corrected chi connectivity index (χ2v) is 7.78. The van der Waals surface area contributed by atoms with Gasteiger partial charge in [0.2, 0.25) is 0 Å². The molecule has 1 saturated carbocycles. The van der Waals surface area contributed by atoms with E-state index in [-0.39, 0.29) is 36.1 Å². The van der Waals surface area contributed by atoms with Crippen LogP contribution in [-0.4, -0.2) is 43.7 Å². The largest absolute Gasteiger partial charge is 0.484 e. The van der Waals surface area contributed by atoms with Gasteiger partial charge in [-0.1, -0.05) is 31.4 Å². The Morgan fingerprint density at radius 3 is 2.57 bits per heavy atom. The third-order valence-electron chi connectivity index (χ3n) is 5.42. The van der Waals surface area contributed by atoms with Crippen LogP contribution in [0.3, 0.4) is 0 Å². The Kier molecular flexibility index (Phi) is 8.28.